The van der Waals surface area contributed by atoms with Crippen LogP contribution in [0.4, 0.5) is 11.4 Å². The maximum absolute atomic E-state index is 13.1. The summed E-state index contributed by atoms with van der Waals surface area (Å²) in [5.41, 5.74) is 2.49. The van der Waals surface area contributed by atoms with Crippen molar-refractivity contribution in [1.82, 2.24) is 0 Å². The van der Waals surface area contributed by atoms with Gasteiger partial charge in [0.1, 0.15) is 5.60 Å². The van der Waals surface area contributed by atoms with Crippen LogP contribution in [-0.4, -0.2) is 43.8 Å². The van der Waals surface area contributed by atoms with Crippen molar-refractivity contribution in [3.05, 3.63) is 57.6 Å². The van der Waals surface area contributed by atoms with Gasteiger partial charge in [0.15, 0.2) is 0 Å². The van der Waals surface area contributed by atoms with Crippen LogP contribution in [0.2, 0.25) is 0 Å². The fraction of sp³-hybridized carbons (Fsp3) is 0.391. The Morgan fingerprint density at radius 3 is 2.43 bits per heavy atom. The summed E-state index contributed by atoms with van der Waals surface area (Å²) in [5.74, 6) is -0.755. The standard InChI is InChI=1S/C23H27BrN2O4/c1-15-5-7-17(26-9-11-29-12-10-26)14-19(15)21(27)25-20-13-16(24)6-8-18(20)22(28)30-23(2,3)4/h5-8,13-14H,9-12H2,1-4H3,(H,25,27). The minimum Gasteiger partial charge on any atom is -0.456 e. The lowest BCUT2D eigenvalue weighted by Crippen LogP contribution is -2.36. The normalized spacial score (nSPS) is 14.4. The van der Waals surface area contributed by atoms with E-state index in [2.05, 4.69) is 26.1 Å². The third-order valence-corrected chi connectivity index (χ3v) is 5.18. The second-order valence-corrected chi connectivity index (χ2v) is 9.16. The molecule has 0 unspecified atom stereocenters. The van der Waals surface area contributed by atoms with Gasteiger partial charge in [-0.15, -0.1) is 0 Å². The molecule has 2 aromatic rings. The van der Waals surface area contributed by atoms with Crippen LogP contribution < -0.4 is 10.2 Å². The zero-order valence-corrected chi connectivity index (χ0v) is 19.3. The highest BCUT2D eigenvalue weighted by molar-refractivity contribution is 9.10. The van der Waals surface area contributed by atoms with E-state index in [0.717, 1.165) is 28.8 Å². The van der Waals surface area contributed by atoms with Crippen LogP contribution in [0.3, 0.4) is 0 Å². The summed E-state index contributed by atoms with van der Waals surface area (Å²) >= 11 is 3.41. The van der Waals surface area contributed by atoms with Crippen LogP contribution in [-0.2, 0) is 9.47 Å². The Morgan fingerprint density at radius 2 is 1.77 bits per heavy atom. The summed E-state index contributed by atoms with van der Waals surface area (Å²) in [5, 5.41) is 2.89. The fourth-order valence-corrected chi connectivity index (χ4v) is 3.55. The third kappa shape index (κ3) is 5.61. The lowest BCUT2D eigenvalue weighted by Gasteiger charge is -2.29. The van der Waals surface area contributed by atoms with Crippen LogP contribution in [0.25, 0.3) is 0 Å². The van der Waals surface area contributed by atoms with Crippen LogP contribution >= 0.6 is 15.9 Å². The first-order valence-electron chi connectivity index (χ1n) is 9.91. The summed E-state index contributed by atoms with van der Waals surface area (Å²) in [6.45, 7) is 10.2. The maximum Gasteiger partial charge on any atom is 0.340 e. The number of anilines is 2. The molecular weight excluding hydrogens is 448 g/mol. The highest BCUT2D eigenvalue weighted by atomic mass is 79.9. The van der Waals surface area contributed by atoms with Crippen molar-refractivity contribution in [2.45, 2.75) is 33.3 Å². The van der Waals surface area contributed by atoms with Crippen LogP contribution in [0, 0.1) is 6.92 Å². The number of benzene rings is 2. The van der Waals surface area contributed by atoms with E-state index in [9.17, 15) is 9.59 Å². The molecule has 0 aromatic heterocycles. The first-order valence-corrected chi connectivity index (χ1v) is 10.7. The number of hydrogen-bond donors (Lipinski definition) is 1. The maximum atomic E-state index is 13.1. The highest BCUT2D eigenvalue weighted by Crippen LogP contribution is 2.26. The fourth-order valence-electron chi connectivity index (χ4n) is 3.19. The molecule has 0 radical (unpaired) electrons. The molecule has 0 spiro atoms. The summed E-state index contributed by atoms with van der Waals surface area (Å²) in [4.78, 5) is 27.9. The zero-order chi connectivity index (χ0) is 21.9. The largest absolute Gasteiger partial charge is 0.456 e. The van der Waals surface area contributed by atoms with Crippen molar-refractivity contribution >= 4 is 39.2 Å². The number of morpholine rings is 1. The molecule has 0 atom stereocenters. The number of nitrogens with one attached hydrogen (secondary N) is 1. The van der Waals surface area contributed by atoms with Gasteiger partial charge in [0.25, 0.3) is 5.91 Å². The predicted molar refractivity (Wildman–Crippen MR) is 121 cm³/mol. The first kappa shape index (κ1) is 22.3. The molecule has 1 fully saturated rings. The van der Waals surface area contributed by atoms with Gasteiger partial charge < -0.3 is 19.7 Å². The minimum absolute atomic E-state index is 0.273. The molecule has 0 aliphatic carbocycles. The SMILES string of the molecule is Cc1ccc(N2CCOCC2)cc1C(=O)Nc1cc(Br)ccc1C(=O)OC(C)(C)C. The molecule has 1 aliphatic rings. The predicted octanol–water partition coefficient (Wildman–Crippen LogP) is 4.80. The summed E-state index contributed by atoms with van der Waals surface area (Å²) in [7, 11) is 0. The van der Waals surface area contributed by atoms with Crippen molar-refractivity contribution in [2.75, 3.05) is 36.5 Å². The Bertz CT molecular complexity index is 947. The Kier molecular flexibility index (Phi) is 6.83. The van der Waals surface area contributed by atoms with Crippen LogP contribution in [0.1, 0.15) is 47.1 Å². The molecule has 1 heterocycles. The molecule has 3 rings (SSSR count). The molecule has 7 heteroatoms. The molecule has 6 nitrogen and oxygen atoms in total. The summed E-state index contributed by atoms with van der Waals surface area (Å²) in [6.07, 6.45) is 0. The number of rotatable bonds is 4. The van der Waals surface area contributed by atoms with Gasteiger partial charge in [-0.2, -0.15) is 0 Å². The van der Waals surface area contributed by atoms with Crippen molar-refractivity contribution in [3.8, 4) is 0 Å². The molecule has 1 amide bonds. The molecule has 0 saturated carbocycles. The topological polar surface area (TPSA) is 67.9 Å². The Hall–Kier alpha value is -2.38. The molecular formula is C23H27BrN2O4. The van der Waals surface area contributed by atoms with E-state index in [1.807, 2.05) is 45.9 Å². The quantitative estimate of drug-likeness (QED) is 0.644. The number of aryl methyl sites for hydroxylation is 1. The zero-order valence-electron chi connectivity index (χ0n) is 17.8. The van der Waals surface area contributed by atoms with E-state index in [1.165, 1.54) is 0 Å². The Labute approximate surface area is 185 Å². The van der Waals surface area contributed by atoms with Gasteiger partial charge in [0.2, 0.25) is 0 Å². The number of esters is 1. The number of carbonyl (C=O) groups excluding carboxylic acids is 2. The summed E-state index contributed by atoms with van der Waals surface area (Å²) < 4.78 is 11.7. The third-order valence-electron chi connectivity index (χ3n) is 4.69. The molecule has 30 heavy (non-hydrogen) atoms. The van der Waals surface area contributed by atoms with Crippen molar-refractivity contribution < 1.29 is 19.1 Å². The van der Waals surface area contributed by atoms with E-state index in [4.69, 9.17) is 9.47 Å². The van der Waals surface area contributed by atoms with Gasteiger partial charge in [0.05, 0.1) is 24.5 Å². The first-order chi connectivity index (χ1) is 14.1. The van der Waals surface area contributed by atoms with E-state index in [-0.39, 0.29) is 5.91 Å². The monoisotopic (exact) mass is 474 g/mol. The highest BCUT2D eigenvalue weighted by Gasteiger charge is 2.22. The lowest BCUT2D eigenvalue weighted by molar-refractivity contribution is 0.00707. The Morgan fingerprint density at radius 1 is 1.07 bits per heavy atom. The minimum atomic E-state index is -0.630. The number of amides is 1. The van der Waals surface area contributed by atoms with Gasteiger partial charge in [-0.3, -0.25) is 4.79 Å². The van der Waals surface area contributed by atoms with Gasteiger partial charge in [-0.25, -0.2) is 4.79 Å². The molecule has 1 saturated heterocycles. The number of carbonyl (C=O) groups is 2. The average Bonchev–Trinajstić information content (AvgIpc) is 2.67. The lowest BCUT2D eigenvalue weighted by atomic mass is 10.1. The van der Waals surface area contributed by atoms with E-state index in [1.54, 1.807) is 18.2 Å². The van der Waals surface area contributed by atoms with Crippen molar-refractivity contribution in [3.63, 3.8) is 0 Å². The second-order valence-electron chi connectivity index (χ2n) is 8.24. The van der Waals surface area contributed by atoms with Gasteiger partial charge >= 0.3 is 5.97 Å². The van der Waals surface area contributed by atoms with E-state index in [0.29, 0.717) is 30.0 Å². The van der Waals surface area contributed by atoms with E-state index >= 15 is 0 Å². The molecule has 0 bridgehead atoms. The second kappa shape index (κ2) is 9.18. The van der Waals surface area contributed by atoms with E-state index < -0.39 is 11.6 Å². The number of halogens is 1. The molecule has 2 aromatic carbocycles. The van der Waals surface area contributed by atoms with Gasteiger partial charge in [-0.1, -0.05) is 22.0 Å². The summed E-state index contributed by atoms with van der Waals surface area (Å²) in [6, 6.07) is 10.9. The number of ether oxygens (including phenoxy) is 2. The van der Waals surface area contributed by atoms with Crippen molar-refractivity contribution in [1.29, 1.82) is 0 Å². The van der Waals surface area contributed by atoms with Crippen LogP contribution in [0.5, 0.6) is 0 Å². The Balaban J connectivity index is 1.87. The van der Waals surface area contributed by atoms with Gasteiger partial charge in [-0.05, 0) is 63.6 Å². The number of nitrogens with zero attached hydrogens (tertiary/aromatic N) is 1. The average molecular weight is 475 g/mol. The van der Waals surface area contributed by atoms with Crippen molar-refractivity contribution in [2.24, 2.45) is 0 Å². The van der Waals surface area contributed by atoms with Crippen LogP contribution in [0.15, 0.2) is 40.9 Å². The van der Waals surface area contributed by atoms with Gasteiger partial charge in [0, 0.05) is 28.8 Å². The number of hydrogen-bond acceptors (Lipinski definition) is 5. The molecule has 1 aliphatic heterocycles. The smallest absolute Gasteiger partial charge is 0.340 e. The molecule has 1 N–H and O–H groups in total. The molecule has 160 valence electrons.